The Balaban J connectivity index is 1.86. The van der Waals surface area contributed by atoms with Crippen LogP contribution in [0.4, 0.5) is 5.69 Å². The molecular formula is C20H20N2O3S. The molecular weight excluding hydrogens is 348 g/mol. The van der Waals surface area contributed by atoms with Gasteiger partial charge in [0, 0.05) is 0 Å². The van der Waals surface area contributed by atoms with E-state index >= 15 is 0 Å². The lowest BCUT2D eigenvalue weighted by molar-refractivity contribution is -0.115. The van der Waals surface area contributed by atoms with Gasteiger partial charge < -0.3 is 14.8 Å². The van der Waals surface area contributed by atoms with Gasteiger partial charge in [0.1, 0.15) is 0 Å². The van der Waals surface area contributed by atoms with E-state index in [1.807, 2.05) is 48.5 Å². The fourth-order valence-corrected chi connectivity index (χ4v) is 3.44. The highest BCUT2D eigenvalue weighted by Gasteiger charge is 2.24. The lowest BCUT2D eigenvalue weighted by Gasteiger charge is -2.07. The van der Waals surface area contributed by atoms with Crippen molar-refractivity contribution < 1.29 is 14.3 Å². The fourth-order valence-electron chi connectivity index (χ4n) is 2.60. The minimum absolute atomic E-state index is 0.155. The Kier molecular flexibility index (Phi) is 5.63. The van der Waals surface area contributed by atoms with Crippen molar-refractivity contribution >= 4 is 34.6 Å². The Bertz CT molecular complexity index is 890. The van der Waals surface area contributed by atoms with Gasteiger partial charge in [0.25, 0.3) is 5.91 Å². The van der Waals surface area contributed by atoms with Gasteiger partial charge in [-0.1, -0.05) is 31.2 Å². The van der Waals surface area contributed by atoms with Gasteiger partial charge in [-0.3, -0.25) is 4.79 Å². The number of benzene rings is 2. The van der Waals surface area contributed by atoms with E-state index in [1.54, 1.807) is 14.2 Å². The number of ether oxygens (including phenoxy) is 2. The second-order valence-electron chi connectivity index (χ2n) is 5.58. The number of hydrogen-bond donors (Lipinski definition) is 1. The molecule has 0 spiro atoms. The molecule has 26 heavy (non-hydrogen) atoms. The number of rotatable bonds is 5. The van der Waals surface area contributed by atoms with Gasteiger partial charge in [-0.05, 0) is 53.6 Å². The van der Waals surface area contributed by atoms with Crippen LogP contribution in [0.25, 0.3) is 6.08 Å². The average molecular weight is 368 g/mol. The lowest BCUT2D eigenvalue weighted by atomic mass is 10.1. The van der Waals surface area contributed by atoms with Crippen LogP contribution in [0.3, 0.4) is 0 Å². The maximum absolute atomic E-state index is 12.3. The maximum Gasteiger partial charge on any atom is 0.264 e. The summed E-state index contributed by atoms with van der Waals surface area (Å²) < 4.78 is 10.5. The van der Waals surface area contributed by atoms with Crippen LogP contribution < -0.4 is 14.8 Å². The first-order chi connectivity index (χ1) is 12.6. The van der Waals surface area contributed by atoms with E-state index in [0.29, 0.717) is 21.6 Å². The zero-order chi connectivity index (χ0) is 18.5. The number of aryl methyl sites for hydroxylation is 1. The Morgan fingerprint density at radius 3 is 2.62 bits per heavy atom. The van der Waals surface area contributed by atoms with Crippen LogP contribution in [0.15, 0.2) is 52.4 Å². The SMILES string of the molecule is CCc1ccccc1N=C1NC(=O)/C(=C/c2ccc(OC)c(OC)c2)S1. The molecule has 1 heterocycles. The van der Waals surface area contributed by atoms with E-state index in [0.717, 1.165) is 23.2 Å². The van der Waals surface area contributed by atoms with Gasteiger partial charge in [-0.2, -0.15) is 0 Å². The van der Waals surface area contributed by atoms with Crippen molar-refractivity contribution in [1.29, 1.82) is 0 Å². The third kappa shape index (κ3) is 3.91. The molecule has 0 saturated carbocycles. The first kappa shape index (κ1) is 18.1. The van der Waals surface area contributed by atoms with Gasteiger partial charge in [-0.25, -0.2) is 4.99 Å². The summed E-state index contributed by atoms with van der Waals surface area (Å²) in [6.45, 7) is 2.09. The van der Waals surface area contributed by atoms with Crippen molar-refractivity contribution in [2.24, 2.45) is 4.99 Å². The number of nitrogens with zero attached hydrogens (tertiary/aromatic N) is 1. The van der Waals surface area contributed by atoms with Gasteiger partial charge in [-0.15, -0.1) is 0 Å². The minimum atomic E-state index is -0.155. The summed E-state index contributed by atoms with van der Waals surface area (Å²) >= 11 is 1.33. The fraction of sp³-hybridized carbons (Fsp3) is 0.200. The molecule has 0 aliphatic carbocycles. The van der Waals surface area contributed by atoms with Crippen LogP contribution in [0.1, 0.15) is 18.1 Å². The van der Waals surface area contributed by atoms with Crippen LogP contribution in [0.2, 0.25) is 0 Å². The van der Waals surface area contributed by atoms with Crippen molar-refractivity contribution in [2.75, 3.05) is 14.2 Å². The molecule has 1 aliphatic rings. The second-order valence-corrected chi connectivity index (χ2v) is 6.61. The second kappa shape index (κ2) is 8.10. The Labute approximate surface area is 157 Å². The van der Waals surface area contributed by atoms with Crippen molar-refractivity contribution in [3.63, 3.8) is 0 Å². The lowest BCUT2D eigenvalue weighted by Crippen LogP contribution is -2.19. The Morgan fingerprint density at radius 1 is 1.12 bits per heavy atom. The van der Waals surface area contributed by atoms with Gasteiger partial charge in [0.05, 0.1) is 24.8 Å². The monoisotopic (exact) mass is 368 g/mol. The third-order valence-corrected chi connectivity index (χ3v) is 4.86. The highest BCUT2D eigenvalue weighted by Crippen LogP contribution is 2.32. The molecule has 1 amide bonds. The molecule has 134 valence electrons. The molecule has 0 aromatic heterocycles. The van der Waals surface area contributed by atoms with E-state index < -0.39 is 0 Å². The van der Waals surface area contributed by atoms with Crippen LogP contribution in [-0.4, -0.2) is 25.3 Å². The number of hydrogen-bond acceptors (Lipinski definition) is 5. The number of carbonyl (C=O) groups excluding carboxylic acids is 1. The summed E-state index contributed by atoms with van der Waals surface area (Å²) in [7, 11) is 3.18. The number of amides is 1. The molecule has 1 N–H and O–H groups in total. The van der Waals surface area contributed by atoms with Crippen molar-refractivity contribution in [3.8, 4) is 11.5 Å². The normalized spacial score (nSPS) is 16.8. The van der Waals surface area contributed by atoms with Gasteiger partial charge in [0.2, 0.25) is 0 Å². The summed E-state index contributed by atoms with van der Waals surface area (Å²) in [6, 6.07) is 13.5. The number of aliphatic imine (C=N–C) groups is 1. The molecule has 2 aromatic rings. The van der Waals surface area contributed by atoms with Crippen LogP contribution >= 0.6 is 11.8 Å². The number of amidine groups is 1. The van der Waals surface area contributed by atoms with E-state index in [1.165, 1.54) is 11.8 Å². The third-order valence-electron chi connectivity index (χ3n) is 3.95. The molecule has 6 heteroatoms. The Hall–Kier alpha value is -2.73. The van der Waals surface area contributed by atoms with Gasteiger partial charge in [0.15, 0.2) is 16.7 Å². The van der Waals surface area contributed by atoms with E-state index in [-0.39, 0.29) is 5.91 Å². The summed E-state index contributed by atoms with van der Waals surface area (Å²) in [5.41, 5.74) is 2.88. The van der Waals surface area contributed by atoms with E-state index in [9.17, 15) is 4.79 Å². The number of thioether (sulfide) groups is 1. The first-order valence-corrected chi connectivity index (χ1v) is 9.05. The molecule has 0 atom stereocenters. The molecule has 2 aromatic carbocycles. The van der Waals surface area contributed by atoms with Crippen LogP contribution in [0, 0.1) is 0 Å². The Morgan fingerprint density at radius 2 is 1.88 bits per heavy atom. The quantitative estimate of drug-likeness (QED) is 0.805. The highest BCUT2D eigenvalue weighted by molar-refractivity contribution is 8.18. The summed E-state index contributed by atoms with van der Waals surface area (Å²) in [6.07, 6.45) is 2.70. The van der Waals surface area contributed by atoms with Crippen molar-refractivity contribution in [3.05, 3.63) is 58.5 Å². The number of para-hydroxylation sites is 1. The summed E-state index contributed by atoms with van der Waals surface area (Å²) in [5, 5.41) is 3.41. The first-order valence-electron chi connectivity index (χ1n) is 8.24. The van der Waals surface area contributed by atoms with Gasteiger partial charge >= 0.3 is 0 Å². The molecule has 0 unspecified atom stereocenters. The summed E-state index contributed by atoms with van der Waals surface area (Å²) in [5.74, 6) is 1.12. The van der Waals surface area contributed by atoms with Crippen molar-refractivity contribution in [2.45, 2.75) is 13.3 Å². The average Bonchev–Trinajstić information content (AvgIpc) is 3.01. The van der Waals surface area contributed by atoms with Crippen LogP contribution in [0.5, 0.6) is 11.5 Å². The predicted octanol–water partition coefficient (Wildman–Crippen LogP) is 4.16. The number of nitrogens with one attached hydrogen (secondary N) is 1. The van der Waals surface area contributed by atoms with E-state index in [2.05, 4.69) is 17.2 Å². The zero-order valence-electron chi connectivity index (χ0n) is 14.9. The molecule has 0 radical (unpaired) electrons. The molecule has 1 aliphatic heterocycles. The minimum Gasteiger partial charge on any atom is -0.493 e. The smallest absolute Gasteiger partial charge is 0.264 e. The molecule has 1 fully saturated rings. The number of carbonyl (C=O) groups is 1. The molecule has 5 nitrogen and oxygen atoms in total. The number of methoxy groups -OCH3 is 2. The van der Waals surface area contributed by atoms with Crippen LogP contribution in [-0.2, 0) is 11.2 Å². The van der Waals surface area contributed by atoms with E-state index in [4.69, 9.17) is 9.47 Å². The predicted molar refractivity (Wildman–Crippen MR) is 106 cm³/mol. The highest BCUT2D eigenvalue weighted by atomic mass is 32.2. The molecule has 1 saturated heterocycles. The van der Waals surface area contributed by atoms with Crippen molar-refractivity contribution in [1.82, 2.24) is 5.32 Å². The zero-order valence-corrected chi connectivity index (χ0v) is 15.7. The largest absolute Gasteiger partial charge is 0.493 e. The molecule has 3 rings (SSSR count). The molecule has 0 bridgehead atoms. The topological polar surface area (TPSA) is 59.9 Å². The maximum atomic E-state index is 12.3. The standard InChI is InChI=1S/C20H20N2O3S/c1-4-14-7-5-6-8-15(14)21-20-22-19(23)18(26-20)12-13-9-10-16(24-2)17(11-13)25-3/h5-12H,4H2,1-3H3,(H,21,22,23)/b18-12-. The summed E-state index contributed by atoms with van der Waals surface area (Å²) in [4.78, 5) is 17.5.